The largest absolute Gasteiger partial charge is 0.322 e. The highest BCUT2D eigenvalue weighted by molar-refractivity contribution is 8.00. The molecule has 0 radical (unpaired) electrons. The van der Waals surface area contributed by atoms with Gasteiger partial charge in [0.15, 0.2) is 0 Å². The zero-order valence-electron chi connectivity index (χ0n) is 17.0. The molecule has 0 atom stereocenters. The van der Waals surface area contributed by atoms with Gasteiger partial charge in [-0.05, 0) is 61.0 Å². The normalized spacial score (nSPS) is 11.3. The van der Waals surface area contributed by atoms with Crippen LogP contribution in [0.5, 0.6) is 0 Å². The highest BCUT2D eigenvalue weighted by Crippen LogP contribution is 2.27. The van der Waals surface area contributed by atoms with Crippen molar-refractivity contribution in [2.75, 3.05) is 10.0 Å². The first kappa shape index (κ1) is 21.9. The molecule has 5 nitrogen and oxygen atoms in total. The summed E-state index contributed by atoms with van der Waals surface area (Å²) in [6, 6.07) is 20.7. The molecule has 0 aliphatic rings. The predicted molar refractivity (Wildman–Crippen MR) is 124 cm³/mol. The van der Waals surface area contributed by atoms with E-state index in [1.807, 2.05) is 31.2 Å². The Morgan fingerprint density at radius 1 is 0.900 bits per heavy atom. The Morgan fingerprint density at radius 3 is 2.27 bits per heavy atom. The zero-order valence-corrected chi connectivity index (χ0v) is 18.7. The molecule has 7 heteroatoms. The van der Waals surface area contributed by atoms with E-state index in [1.54, 1.807) is 48.2 Å². The van der Waals surface area contributed by atoms with Crippen molar-refractivity contribution in [2.24, 2.45) is 0 Å². The maximum atomic E-state index is 12.7. The monoisotopic (exact) mass is 440 g/mol. The number of benzene rings is 3. The van der Waals surface area contributed by atoms with Crippen LogP contribution in [0, 0.1) is 6.92 Å². The smallest absolute Gasteiger partial charge is 0.261 e. The van der Waals surface area contributed by atoms with Gasteiger partial charge in [-0.25, -0.2) is 8.42 Å². The van der Waals surface area contributed by atoms with Gasteiger partial charge in [0.25, 0.3) is 15.9 Å². The SMILES string of the molecule is Cc1cccc(NS(=O)(=O)c2ccc(NC(=O)c3ccccc3SC(C)C)cc2)c1. The fraction of sp³-hybridized carbons (Fsp3) is 0.174. The van der Waals surface area contributed by atoms with E-state index in [9.17, 15) is 13.2 Å². The molecule has 0 aliphatic carbocycles. The molecule has 0 heterocycles. The quantitative estimate of drug-likeness (QED) is 0.473. The number of nitrogens with one attached hydrogen (secondary N) is 2. The second kappa shape index (κ2) is 9.36. The molecular formula is C23H24N2O3S2. The summed E-state index contributed by atoms with van der Waals surface area (Å²) in [5, 5.41) is 3.19. The first-order chi connectivity index (χ1) is 14.2. The number of amides is 1. The summed E-state index contributed by atoms with van der Waals surface area (Å²) in [4.78, 5) is 13.7. The third kappa shape index (κ3) is 5.64. The van der Waals surface area contributed by atoms with E-state index in [0.29, 0.717) is 22.2 Å². The molecule has 2 N–H and O–H groups in total. The van der Waals surface area contributed by atoms with E-state index >= 15 is 0 Å². The molecule has 0 spiro atoms. The summed E-state index contributed by atoms with van der Waals surface area (Å²) in [5.41, 5.74) is 2.59. The molecule has 30 heavy (non-hydrogen) atoms. The standard InChI is InChI=1S/C23H24N2O3S2/c1-16(2)29-22-10-5-4-9-21(22)23(26)24-18-11-13-20(14-12-18)30(27,28)25-19-8-6-7-17(3)15-19/h4-16,25H,1-3H3,(H,24,26). The van der Waals surface area contributed by atoms with Crippen LogP contribution in [0.2, 0.25) is 0 Å². The zero-order chi connectivity index (χ0) is 21.7. The number of carbonyl (C=O) groups is 1. The Labute approximate surface area is 182 Å². The van der Waals surface area contributed by atoms with E-state index < -0.39 is 10.0 Å². The minimum atomic E-state index is -3.71. The van der Waals surface area contributed by atoms with Gasteiger partial charge in [-0.15, -0.1) is 11.8 Å². The minimum absolute atomic E-state index is 0.123. The molecule has 3 aromatic carbocycles. The molecule has 0 bridgehead atoms. The van der Waals surface area contributed by atoms with Gasteiger partial charge in [0.05, 0.1) is 10.5 Å². The third-order valence-corrected chi connectivity index (χ3v) is 6.67. The average Bonchev–Trinajstić information content (AvgIpc) is 2.68. The van der Waals surface area contributed by atoms with E-state index in [0.717, 1.165) is 10.5 Å². The van der Waals surface area contributed by atoms with Crippen molar-refractivity contribution >= 4 is 39.1 Å². The number of sulfonamides is 1. The Hall–Kier alpha value is -2.77. The maximum Gasteiger partial charge on any atom is 0.261 e. The van der Waals surface area contributed by atoms with Gasteiger partial charge in [0.1, 0.15) is 0 Å². The number of rotatable bonds is 7. The summed E-state index contributed by atoms with van der Waals surface area (Å²) < 4.78 is 27.8. The number of thioether (sulfide) groups is 1. The lowest BCUT2D eigenvalue weighted by atomic mass is 10.2. The van der Waals surface area contributed by atoms with Crippen molar-refractivity contribution in [2.45, 2.75) is 35.8 Å². The van der Waals surface area contributed by atoms with Crippen LogP contribution >= 0.6 is 11.8 Å². The molecule has 0 saturated heterocycles. The maximum absolute atomic E-state index is 12.7. The van der Waals surface area contributed by atoms with Crippen molar-refractivity contribution in [1.29, 1.82) is 0 Å². The number of hydrogen-bond acceptors (Lipinski definition) is 4. The molecule has 0 unspecified atom stereocenters. The lowest BCUT2D eigenvalue weighted by Gasteiger charge is -2.12. The molecule has 0 aromatic heterocycles. The van der Waals surface area contributed by atoms with E-state index in [4.69, 9.17) is 0 Å². The van der Waals surface area contributed by atoms with Crippen LogP contribution in [0.3, 0.4) is 0 Å². The van der Waals surface area contributed by atoms with Crippen molar-refractivity contribution in [3.05, 3.63) is 83.9 Å². The van der Waals surface area contributed by atoms with Gasteiger partial charge in [0.2, 0.25) is 0 Å². The van der Waals surface area contributed by atoms with Crippen LogP contribution in [-0.2, 0) is 10.0 Å². The number of anilines is 2. The molecule has 0 fully saturated rings. The summed E-state index contributed by atoms with van der Waals surface area (Å²) in [7, 11) is -3.71. The van der Waals surface area contributed by atoms with Gasteiger partial charge in [0, 0.05) is 21.5 Å². The fourth-order valence-corrected chi connectivity index (χ4v) is 4.85. The molecule has 0 aliphatic heterocycles. The summed E-state index contributed by atoms with van der Waals surface area (Å²) in [6.45, 7) is 6.04. The lowest BCUT2D eigenvalue weighted by molar-refractivity contribution is 0.102. The Balaban J connectivity index is 1.74. The number of carbonyl (C=O) groups excluding carboxylic acids is 1. The first-order valence-electron chi connectivity index (χ1n) is 9.51. The van der Waals surface area contributed by atoms with Crippen molar-refractivity contribution in [3.8, 4) is 0 Å². The predicted octanol–water partition coefficient (Wildman–Crippen LogP) is 5.55. The van der Waals surface area contributed by atoms with Gasteiger partial charge in [-0.2, -0.15) is 0 Å². The fourth-order valence-electron chi connectivity index (χ4n) is 2.85. The molecule has 3 aromatic rings. The molecule has 0 saturated carbocycles. The third-order valence-electron chi connectivity index (χ3n) is 4.19. The number of hydrogen-bond donors (Lipinski definition) is 2. The van der Waals surface area contributed by atoms with Gasteiger partial charge < -0.3 is 5.32 Å². The molecule has 156 valence electrons. The van der Waals surface area contributed by atoms with Crippen LogP contribution in [-0.4, -0.2) is 19.6 Å². The van der Waals surface area contributed by atoms with Crippen LogP contribution in [0.15, 0.2) is 82.6 Å². The van der Waals surface area contributed by atoms with Crippen LogP contribution in [0.1, 0.15) is 29.8 Å². The summed E-state index contributed by atoms with van der Waals surface area (Å²) in [6.07, 6.45) is 0. The summed E-state index contributed by atoms with van der Waals surface area (Å²) in [5.74, 6) is -0.229. The highest BCUT2D eigenvalue weighted by atomic mass is 32.2. The Bertz CT molecular complexity index is 1140. The highest BCUT2D eigenvalue weighted by Gasteiger charge is 2.16. The number of aryl methyl sites for hydroxylation is 1. The van der Waals surface area contributed by atoms with E-state index in [2.05, 4.69) is 23.9 Å². The Kier molecular flexibility index (Phi) is 6.84. The second-order valence-corrected chi connectivity index (χ2v) is 10.4. The van der Waals surface area contributed by atoms with Crippen molar-refractivity contribution < 1.29 is 13.2 Å². The molecule has 1 amide bonds. The van der Waals surface area contributed by atoms with Crippen LogP contribution in [0.25, 0.3) is 0 Å². The van der Waals surface area contributed by atoms with Gasteiger partial charge in [-0.1, -0.05) is 38.1 Å². The molecular weight excluding hydrogens is 416 g/mol. The van der Waals surface area contributed by atoms with Crippen LogP contribution < -0.4 is 10.0 Å². The molecule has 3 rings (SSSR count). The van der Waals surface area contributed by atoms with Crippen molar-refractivity contribution in [3.63, 3.8) is 0 Å². The first-order valence-corrected chi connectivity index (χ1v) is 11.9. The summed E-state index contributed by atoms with van der Waals surface area (Å²) >= 11 is 1.62. The van der Waals surface area contributed by atoms with Gasteiger partial charge >= 0.3 is 0 Å². The second-order valence-electron chi connectivity index (χ2n) is 7.12. The van der Waals surface area contributed by atoms with Crippen molar-refractivity contribution in [1.82, 2.24) is 0 Å². The van der Waals surface area contributed by atoms with E-state index in [1.165, 1.54) is 12.1 Å². The van der Waals surface area contributed by atoms with E-state index in [-0.39, 0.29) is 10.8 Å². The topological polar surface area (TPSA) is 75.3 Å². The lowest BCUT2D eigenvalue weighted by Crippen LogP contribution is -2.15. The Morgan fingerprint density at radius 2 is 1.60 bits per heavy atom. The van der Waals surface area contributed by atoms with Crippen LogP contribution in [0.4, 0.5) is 11.4 Å². The average molecular weight is 441 g/mol. The minimum Gasteiger partial charge on any atom is -0.322 e. The van der Waals surface area contributed by atoms with Gasteiger partial charge in [-0.3, -0.25) is 9.52 Å².